The van der Waals surface area contributed by atoms with Gasteiger partial charge in [-0.3, -0.25) is 9.78 Å². The van der Waals surface area contributed by atoms with E-state index < -0.39 is 0 Å². The SMILES string of the molecule is COc1cc2c(cc1-c1c(C)noc1C)cc(C)c(=O)n2Cc1ccc(Cl)cn1. The number of aryl methyl sites for hydroxylation is 3. The zero-order valence-corrected chi connectivity index (χ0v) is 17.4. The molecule has 0 bridgehead atoms. The van der Waals surface area contributed by atoms with Crippen molar-refractivity contribution in [2.24, 2.45) is 0 Å². The second-order valence-corrected chi connectivity index (χ2v) is 7.43. The van der Waals surface area contributed by atoms with Crippen molar-refractivity contribution in [2.45, 2.75) is 27.3 Å². The monoisotopic (exact) mass is 409 g/mol. The molecule has 0 spiro atoms. The zero-order chi connectivity index (χ0) is 20.7. The first-order chi connectivity index (χ1) is 13.9. The Hall–Kier alpha value is -3.12. The topological polar surface area (TPSA) is 70.2 Å². The van der Waals surface area contributed by atoms with Crippen molar-refractivity contribution in [3.8, 4) is 16.9 Å². The Kier molecular flexibility index (Phi) is 4.88. The Morgan fingerprint density at radius 2 is 1.97 bits per heavy atom. The summed E-state index contributed by atoms with van der Waals surface area (Å²) < 4.78 is 12.7. The fourth-order valence-electron chi connectivity index (χ4n) is 3.60. The van der Waals surface area contributed by atoms with Crippen LogP contribution in [0.2, 0.25) is 5.02 Å². The van der Waals surface area contributed by atoms with E-state index in [1.807, 2.05) is 45.0 Å². The lowest BCUT2D eigenvalue weighted by molar-refractivity contribution is 0.393. The number of ether oxygens (including phenoxy) is 1. The maximum atomic E-state index is 12.9. The van der Waals surface area contributed by atoms with Crippen LogP contribution >= 0.6 is 11.6 Å². The summed E-state index contributed by atoms with van der Waals surface area (Å²) in [7, 11) is 1.61. The maximum Gasteiger partial charge on any atom is 0.254 e. The van der Waals surface area contributed by atoms with Crippen molar-refractivity contribution in [2.75, 3.05) is 7.11 Å². The molecule has 148 valence electrons. The quantitative estimate of drug-likeness (QED) is 0.489. The van der Waals surface area contributed by atoms with Crippen LogP contribution in [-0.4, -0.2) is 21.8 Å². The minimum Gasteiger partial charge on any atom is -0.496 e. The Balaban J connectivity index is 1.96. The van der Waals surface area contributed by atoms with Crippen molar-refractivity contribution < 1.29 is 9.26 Å². The second-order valence-electron chi connectivity index (χ2n) is 7.00. The van der Waals surface area contributed by atoms with Gasteiger partial charge in [-0.1, -0.05) is 16.8 Å². The van der Waals surface area contributed by atoms with E-state index in [2.05, 4.69) is 10.1 Å². The molecule has 0 aliphatic carbocycles. The van der Waals surface area contributed by atoms with Gasteiger partial charge in [0.25, 0.3) is 5.56 Å². The largest absolute Gasteiger partial charge is 0.496 e. The first-order valence-electron chi connectivity index (χ1n) is 9.15. The van der Waals surface area contributed by atoms with E-state index in [1.165, 1.54) is 0 Å². The van der Waals surface area contributed by atoms with Crippen LogP contribution in [0, 0.1) is 20.8 Å². The van der Waals surface area contributed by atoms with Gasteiger partial charge >= 0.3 is 0 Å². The van der Waals surface area contributed by atoms with Crippen LogP contribution in [0.3, 0.4) is 0 Å². The van der Waals surface area contributed by atoms with Gasteiger partial charge in [0.1, 0.15) is 11.5 Å². The summed E-state index contributed by atoms with van der Waals surface area (Å²) in [6, 6.07) is 9.37. The van der Waals surface area contributed by atoms with Crippen molar-refractivity contribution >= 4 is 22.5 Å². The van der Waals surface area contributed by atoms with Gasteiger partial charge in [-0.05, 0) is 50.4 Å². The predicted molar refractivity (Wildman–Crippen MR) is 113 cm³/mol. The second kappa shape index (κ2) is 7.37. The molecule has 3 heterocycles. The fourth-order valence-corrected chi connectivity index (χ4v) is 3.71. The van der Waals surface area contributed by atoms with Crippen LogP contribution in [-0.2, 0) is 6.54 Å². The molecule has 0 saturated heterocycles. The Morgan fingerprint density at radius 1 is 1.17 bits per heavy atom. The summed E-state index contributed by atoms with van der Waals surface area (Å²) in [5.41, 5.74) is 4.67. The van der Waals surface area contributed by atoms with Crippen LogP contribution in [0.15, 0.2) is 45.8 Å². The van der Waals surface area contributed by atoms with Crippen LogP contribution in [0.4, 0.5) is 0 Å². The number of aromatic nitrogens is 3. The number of hydrogen-bond acceptors (Lipinski definition) is 5. The molecular weight excluding hydrogens is 390 g/mol. The molecule has 1 aromatic carbocycles. The summed E-state index contributed by atoms with van der Waals surface area (Å²) in [6.45, 7) is 5.92. The predicted octanol–water partition coefficient (Wildman–Crippen LogP) is 4.69. The summed E-state index contributed by atoms with van der Waals surface area (Å²) >= 11 is 5.94. The molecule has 4 aromatic rings. The zero-order valence-electron chi connectivity index (χ0n) is 16.6. The van der Waals surface area contributed by atoms with Crippen molar-refractivity contribution in [1.29, 1.82) is 0 Å². The third kappa shape index (κ3) is 3.40. The Bertz CT molecular complexity index is 1250. The van der Waals surface area contributed by atoms with Gasteiger partial charge in [0.2, 0.25) is 0 Å². The van der Waals surface area contributed by atoms with Gasteiger partial charge in [0.05, 0.1) is 41.1 Å². The van der Waals surface area contributed by atoms with Gasteiger partial charge in [-0.2, -0.15) is 0 Å². The third-order valence-corrected chi connectivity index (χ3v) is 5.23. The molecule has 6 nitrogen and oxygen atoms in total. The first-order valence-corrected chi connectivity index (χ1v) is 9.52. The number of rotatable bonds is 4. The van der Waals surface area contributed by atoms with E-state index in [0.29, 0.717) is 22.9 Å². The number of hydrogen-bond donors (Lipinski definition) is 0. The molecule has 29 heavy (non-hydrogen) atoms. The number of benzene rings is 1. The number of methoxy groups -OCH3 is 1. The van der Waals surface area contributed by atoms with Crippen LogP contribution in [0.25, 0.3) is 22.0 Å². The van der Waals surface area contributed by atoms with E-state index in [1.54, 1.807) is 23.9 Å². The van der Waals surface area contributed by atoms with E-state index in [-0.39, 0.29) is 5.56 Å². The minimum absolute atomic E-state index is 0.0682. The van der Waals surface area contributed by atoms with Crippen LogP contribution in [0.1, 0.15) is 22.7 Å². The molecule has 0 aliphatic rings. The molecule has 4 rings (SSSR count). The molecule has 0 N–H and O–H groups in total. The highest BCUT2D eigenvalue weighted by Crippen LogP contribution is 2.37. The Labute approximate surface area is 172 Å². The molecule has 0 amide bonds. The first kappa shape index (κ1) is 19.2. The fraction of sp³-hybridized carbons (Fsp3) is 0.227. The summed E-state index contributed by atoms with van der Waals surface area (Å²) in [5.74, 6) is 1.36. The van der Waals surface area contributed by atoms with E-state index in [0.717, 1.165) is 39.2 Å². The molecule has 0 fully saturated rings. The molecule has 3 aromatic heterocycles. The average Bonchev–Trinajstić information content (AvgIpc) is 3.04. The maximum absolute atomic E-state index is 12.9. The summed E-state index contributed by atoms with van der Waals surface area (Å²) in [6.07, 6.45) is 1.58. The van der Waals surface area contributed by atoms with Crippen molar-refractivity contribution in [3.63, 3.8) is 0 Å². The highest BCUT2D eigenvalue weighted by molar-refractivity contribution is 6.30. The Morgan fingerprint density at radius 3 is 2.59 bits per heavy atom. The average molecular weight is 410 g/mol. The molecule has 0 atom stereocenters. The third-order valence-electron chi connectivity index (χ3n) is 5.01. The molecular formula is C22H20ClN3O3. The van der Waals surface area contributed by atoms with E-state index in [9.17, 15) is 4.79 Å². The summed E-state index contributed by atoms with van der Waals surface area (Å²) in [5, 5.41) is 5.53. The molecule has 0 radical (unpaired) electrons. The normalized spacial score (nSPS) is 11.2. The van der Waals surface area contributed by atoms with E-state index >= 15 is 0 Å². The van der Waals surface area contributed by atoms with Gasteiger partial charge in [-0.15, -0.1) is 0 Å². The molecule has 0 aliphatic heterocycles. The highest BCUT2D eigenvalue weighted by atomic mass is 35.5. The lowest BCUT2D eigenvalue weighted by atomic mass is 9.99. The van der Waals surface area contributed by atoms with Gasteiger partial charge in [-0.25, -0.2) is 0 Å². The van der Waals surface area contributed by atoms with E-state index in [4.69, 9.17) is 20.9 Å². The smallest absolute Gasteiger partial charge is 0.254 e. The van der Waals surface area contributed by atoms with Gasteiger partial charge in [0, 0.05) is 23.4 Å². The van der Waals surface area contributed by atoms with Gasteiger partial charge in [0.15, 0.2) is 0 Å². The van der Waals surface area contributed by atoms with Crippen molar-refractivity contribution in [3.05, 3.63) is 74.6 Å². The van der Waals surface area contributed by atoms with Crippen LogP contribution in [0.5, 0.6) is 5.75 Å². The van der Waals surface area contributed by atoms with Gasteiger partial charge < -0.3 is 13.8 Å². The number of nitrogens with zero attached hydrogens (tertiary/aromatic N) is 3. The lowest BCUT2D eigenvalue weighted by Crippen LogP contribution is -2.23. The standard InChI is InChI=1S/C22H20ClN3O3/c1-12-7-15-8-18(21-13(2)25-29-14(21)3)20(28-4)9-19(15)26(22(12)27)11-17-6-5-16(23)10-24-17/h5-10H,11H2,1-4H3. The number of fused-ring (bicyclic) bond motifs is 1. The number of halogens is 1. The summed E-state index contributed by atoms with van der Waals surface area (Å²) in [4.78, 5) is 17.3. The number of pyridine rings is 2. The minimum atomic E-state index is -0.0682. The van der Waals surface area contributed by atoms with Crippen molar-refractivity contribution in [1.82, 2.24) is 14.7 Å². The molecule has 7 heteroatoms. The molecule has 0 unspecified atom stereocenters. The van der Waals surface area contributed by atoms with Crippen LogP contribution < -0.4 is 10.3 Å². The molecule has 0 saturated carbocycles. The highest BCUT2D eigenvalue weighted by Gasteiger charge is 2.19. The lowest BCUT2D eigenvalue weighted by Gasteiger charge is -2.15.